The molecule has 0 radical (unpaired) electrons. The lowest BCUT2D eigenvalue weighted by atomic mass is 10.0. The molecule has 0 N–H and O–H groups in total. The van der Waals surface area contributed by atoms with Gasteiger partial charge in [0.15, 0.2) is 23.3 Å². The first-order valence-electron chi connectivity index (χ1n) is 4.96. The Hall–Kier alpha value is -2.20. The van der Waals surface area contributed by atoms with Gasteiger partial charge in [0.25, 0.3) is 0 Å². The van der Waals surface area contributed by atoms with E-state index < -0.39 is 45.9 Å². The van der Waals surface area contributed by atoms with Crippen molar-refractivity contribution in [1.82, 2.24) is 4.98 Å². The van der Waals surface area contributed by atoms with E-state index in [1.165, 1.54) is 6.07 Å². The van der Waals surface area contributed by atoms with Crippen molar-refractivity contribution in [2.75, 3.05) is 0 Å². The Morgan fingerprint density at radius 3 is 1.95 bits per heavy atom. The summed E-state index contributed by atoms with van der Waals surface area (Å²) in [5.41, 5.74) is -2.33. The lowest BCUT2D eigenvalue weighted by molar-refractivity contribution is 0.381. The number of hydrogen-bond donors (Lipinski definition) is 0. The topological polar surface area (TPSA) is 36.7 Å². The maximum atomic E-state index is 13.6. The third kappa shape index (κ3) is 2.08. The van der Waals surface area contributed by atoms with Crippen molar-refractivity contribution in [1.29, 1.82) is 5.26 Å². The van der Waals surface area contributed by atoms with Crippen molar-refractivity contribution in [2.45, 2.75) is 0 Å². The van der Waals surface area contributed by atoms with Crippen LogP contribution in [0.1, 0.15) is 5.69 Å². The van der Waals surface area contributed by atoms with Crippen LogP contribution in [0.5, 0.6) is 0 Å². The number of pyridine rings is 1. The molecule has 20 heavy (non-hydrogen) atoms. The normalized spacial score (nSPS) is 10.4. The van der Waals surface area contributed by atoms with E-state index in [0.717, 1.165) is 12.3 Å². The number of nitriles is 1. The highest BCUT2D eigenvalue weighted by Gasteiger charge is 2.28. The third-order valence-corrected chi connectivity index (χ3v) is 2.65. The lowest BCUT2D eigenvalue weighted by Crippen LogP contribution is -2.05. The van der Waals surface area contributed by atoms with Crippen LogP contribution in [0.2, 0.25) is 5.02 Å². The summed E-state index contributed by atoms with van der Waals surface area (Å²) in [5.74, 6) is -10.6. The summed E-state index contributed by atoms with van der Waals surface area (Å²) in [6.45, 7) is 0. The number of halogens is 6. The fourth-order valence-electron chi connectivity index (χ4n) is 1.56. The van der Waals surface area contributed by atoms with Gasteiger partial charge in [-0.3, -0.25) is 0 Å². The zero-order valence-corrected chi connectivity index (χ0v) is 10.1. The second-order valence-corrected chi connectivity index (χ2v) is 4.04. The average molecular weight is 305 g/mol. The minimum atomic E-state index is -2.28. The Morgan fingerprint density at radius 1 is 0.950 bits per heavy atom. The van der Waals surface area contributed by atoms with Gasteiger partial charge in [-0.05, 0) is 6.07 Å². The zero-order chi connectivity index (χ0) is 15.0. The lowest BCUT2D eigenvalue weighted by Gasteiger charge is -2.09. The van der Waals surface area contributed by atoms with Crippen molar-refractivity contribution in [3.8, 4) is 17.2 Å². The van der Waals surface area contributed by atoms with E-state index in [1.807, 2.05) is 0 Å². The van der Waals surface area contributed by atoms with Crippen LogP contribution in [0.15, 0.2) is 12.3 Å². The van der Waals surface area contributed by atoms with Crippen molar-refractivity contribution in [3.63, 3.8) is 0 Å². The van der Waals surface area contributed by atoms with Gasteiger partial charge in [0, 0.05) is 11.8 Å². The first-order chi connectivity index (χ1) is 9.38. The van der Waals surface area contributed by atoms with Crippen LogP contribution >= 0.6 is 11.6 Å². The second kappa shape index (κ2) is 5.06. The highest BCUT2D eigenvalue weighted by Crippen LogP contribution is 2.33. The summed E-state index contributed by atoms with van der Waals surface area (Å²) in [6, 6.07) is 2.38. The van der Waals surface area contributed by atoms with Crippen LogP contribution in [0.3, 0.4) is 0 Å². The Balaban J connectivity index is 2.91. The predicted molar refractivity (Wildman–Crippen MR) is 59.2 cm³/mol. The van der Waals surface area contributed by atoms with Crippen LogP contribution < -0.4 is 0 Å². The van der Waals surface area contributed by atoms with Crippen molar-refractivity contribution in [2.24, 2.45) is 0 Å². The third-order valence-electron chi connectivity index (χ3n) is 2.44. The molecular formula is C12H2ClF5N2. The molecule has 0 amide bonds. The molecule has 8 heteroatoms. The van der Waals surface area contributed by atoms with Gasteiger partial charge >= 0.3 is 0 Å². The smallest absolute Gasteiger partial charge is 0.200 e. The Labute approximate surface area is 114 Å². The summed E-state index contributed by atoms with van der Waals surface area (Å²) in [7, 11) is 0. The molecule has 0 bridgehead atoms. The molecule has 0 atom stereocenters. The minimum absolute atomic E-state index is 0.122. The Morgan fingerprint density at radius 2 is 1.45 bits per heavy atom. The largest absolute Gasteiger partial charge is 0.243 e. The molecule has 2 nitrogen and oxygen atoms in total. The summed E-state index contributed by atoms with van der Waals surface area (Å²) >= 11 is 5.56. The van der Waals surface area contributed by atoms with Crippen LogP contribution in [-0.4, -0.2) is 4.98 Å². The molecule has 0 saturated carbocycles. The summed E-state index contributed by atoms with van der Waals surface area (Å²) in [4.78, 5) is 3.47. The highest BCUT2D eigenvalue weighted by atomic mass is 35.5. The standard InChI is InChI=1S/C12H2ClF5N2/c13-4-1-5(6(2-19)20-3-4)7-8(14)10(16)12(18)11(17)9(7)15/h1,3H. The number of benzene rings is 1. The summed E-state index contributed by atoms with van der Waals surface area (Å²) < 4.78 is 66.5. The number of aromatic nitrogens is 1. The van der Waals surface area contributed by atoms with Crippen LogP contribution in [-0.2, 0) is 0 Å². The van der Waals surface area contributed by atoms with Crippen molar-refractivity contribution < 1.29 is 22.0 Å². The predicted octanol–water partition coefficient (Wildman–Crippen LogP) is 3.97. The van der Waals surface area contributed by atoms with Crippen LogP contribution in [0, 0.1) is 40.4 Å². The zero-order valence-electron chi connectivity index (χ0n) is 9.32. The maximum absolute atomic E-state index is 13.6. The maximum Gasteiger partial charge on any atom is 0.200 e. The molecule has 0 aliphatic carbocycles. The van der Waals surface area contributed by atoms with Gasteiger partial charge in [-0.15, -0.1) is 0 Å². The summed E-state index contributed by atoms with van der Waals surface area (Å²) in [5, 5.41) is 8.66. The molecule has 2 aromatic rings. The van der Waals surface area contributed by atoms with Crippen molar-refractivity contribution >= 4 is 11.6 Å². The Kier molecular flexibility index (Phi) is 3.59. The van der Waals surface area contributed by atoms with Gasteiger partial charge in [-0.1, -0.05) is 11.6 Å². The fraction of sp³-hybridized carbons (Fsp3) is 0. The molecule has 0 aliphatic rings. The fourth-order valence-corrected chi connectivity index (χ4v) is 1.72. The van der Waals surface area contributed by atoms with E-state index in [4.69, 9.17) is 16.9 Å². The van der Waals surface area contributed by atoms with E-state index in [-0.39, 0.29) is 5.02 Å². The molecule has 0 aliphatic heterocycles. The molecule has 0 fully saturated rings. The van der Waals surface area contributed by atoms with Gasteiger partial charge in [0.05, 0.1) is 10.6 Å². The van der Waals surface area contributed by atoms with Gasteiger partial charge in [-0.2, -0.15) is 5.26 Å². The molecule has 102 valence electrons. The quantitative estimate of drug-likeness (QED) is 0.454. The highest BCUT2D eigenvalue weighted by molar-refractivity contribution is 6.30. The molecule has 0 unspecified atom stereocenters. The molecule has 2 rings (SSSR count). The molecule has 0 spiro atoms. The van der Waals surface area contributed by atoms with E-state index in [1.54, 1.807) is 0 Å². The molecule has 0 saturated heterocycles. The average Bonchev–Trinajstić information content (AvgIpc) is 2.43. The number of rotatable bonds is 1. The van der Waals surface area contributed by atoms with E-state index in [0.29, 0.717) is 0 Å². The molecule has 1 aromatic heterocycles. The van der Waals surface area contributed by atoms with Gasteiger partial charge in [0.2, 0.25) is 5.82 Å². The summed E-state index contributed by atoms with van der Waals surface area (Å²) in [6.07, 6.45) is 1.01. The van der Waals surface area contributed by atoms with E-state index >= 15 is 0 Å². The van der Waals surface area contributed by atoms with Crippen molar-refractivity contribution in [3.05, 3.63) is 52.1 Å². The first-order valence-corrected chi connectivity index (χ1v) is 5.33. The number of hydrogen-bond acceptors (Lipinski definition) is 2. The van der Waals surface area contributed by atoms with Gasteiger partial charge in [0.1, 0.15) is 11.8 Å². The van der Waals surface area contributed by atoms with Gasteiger partial charge in [-0.25, -0.2) is 26.9 Å². The minimum Gasteiger partial charge on any atom is -0.243 e. The SMILES string of the molecule is N#Cc1ncc(Cl)cc1-c1c(F)c(F)c(F)c(F)c1F. The van der Waals surface area contributed by atoms with Gasteiger partial charge < -0.3 is 0 Å². The van der Waals surface area contributed by atoms with Crippen LogP contribution in [0.25, 0.3) is 11.1 Å². The molecule has 1 heterocycles. The number of nitrogens with zero attached hydrogens (tertiary/aromatic N) is 2. The van der Waals surface area contributed by atoms with E-state index in [9.17, 15) is 22.0 Å². The van der Waals surface area contributed by atoms with Crippen LogP contribution in [0.4, 0.5) is 22.0 Å². The van der Waals surface area contributed by atoms with E-state index in [2.05, 4.69) is 4.98 Å². The molecular weight excluding hydrogens is 303 g/mol. The monoisotopic (exact) mass is 304 g/mol. The molecule has 1 aromatic carbocycles. The Bertz CT molecular complexity index is 725. The first kappa shape index (κ1) is 14.2. The second-order valence-electron chi connectivity index (χ2n) is 3.61.